The number of ether oxygens (including phenoxy) is 1. The van der Waals surface area contributed by atoms with Crippen LogP contribution >= 0.6 is 0 Å². The Morgan fingerprint density at radius 1 is 1.30 bits per heavy atom. The number of carbonyl (C=O) groups is 2. The number of nitrogens with zero attached hydrogens (tertiary/aromatic N) is 2. The SMILES string of the molecule is COCC(N)C(=O)N(C)C1CCN(C(=O)c2ccccc2)CC1. The second-order valence-corrected chi connectivity index (χ2v) is 5.90. The summed E-state index contributed by atoms with van der Waals surface area (Å²) in [6.07, 6.45) is 1.53. The van der Waals surface area contributed by atoms with Gasteiger partial charge in [-0.1, -0.05) is 18.2 Å². The average Bonchev–Trinajstić information content (AvgIpc) is 2.61. The fourth-order valence-electron chi connectivity index (χ4n) is 2.91. The minimum absolute atomic E-state index is 0.0501. The highest BCUT2D eigenvalue weighted by Gasteiger charge is 2.29. The van der Waals surface area contributed by atoms with Gasteiger partial charge in [0.1, 0.15) is 6.04 Å². The standard InChI is InChI=1S/C17H25N3O3/c1-19(17(22)15(18)12-23-2)14-8-10-20(11-9-14)16(21)13-6-4-3-5-7-13/h3-7,14-15H,8-12,18H2,1-2H3. The van der Waals surface area contributed by atoms with Crippen molar-refractivity contribution in [3.63, 3.8) is 0 Å². The zero-order valence-electron chi connectivity index (χ0n) is 13.8. The van der Waals surface area contributed by atoms with E-state index in [4.69, 9.17) is 10.5 Å². The molecule has 23 heavy (non-hydrogen) atoms. The number of hydrogen-bond acceptors (Lipinski definition) is 4. The molecule has 1 saturated heterocycles. The number of benzene rings is 1. The summed E-state index contributed by atoms with van der Waals surface area (Å²) in [6, 6.07) is 8.76. The van der Waals surface area contributed by atoms with Gasteiger partial charge in [0.2, 0.25) is 5.91 Å². The van der Waals surface area contributed by atoms with E-state index < -0.39 is 6.04 Å². The maximum Gasteiger partial charge on any atom is 0.253 e. The van der Waals surface area contributed by atoms with Crippen LogP contribution in [0, 0.1) is 0 Å². The van der Waals surface area contributed by atoms with Gasteiger partial charge in [-0.2, -0.15) is 0 Å². The minimum Gasteiger partial charge on any atom is -0.383 e. The number of amides is 2. The minimum atomic E-state index is -0.631. The Labute approximate surface area is 137 Å². The van der Waals surface area contributed by atoms with E-state index in [2.05, 4.69) is 0 Å². The Balaban J connectivity index is 1.88. The van der Waals surface area contributed by atoms with Gasteiger partial charge < -0.3 is 20.3 Å². The molecule has 0 bridgehead atoms. The molecular weight excluding hydrogens is 294 g/mol. The fraction of sp³-hybridized carbons (Fsp3) is 0.529. The predicted octanol–water partition coefficient (Wildman–Crippen LogP) is 0.723. The number of likely N-dealkylation sites (N-methyl/N-ethyl adjacent to an activating group) is 1. The van der Waals surface area contributed by atoms with Crippen LogP contribution in [-0.2, 0) is 9.53 Å². The zero-order valence-corrected chi connectivity index (χ0v) is 13.8. The van der Waals surface area contributed by atoms with Crippen molar-refractivity contribution in [1.82, 2.24) is 9.80 Å². The van der Waals surface area contributed by atoms with Gasteiger partial charge in [0.05, 0.1) is 6.61 Å². The van der Waals surface area contributed by atoms with Crippen molar-refractivity contribution in [3.8, 4) is 0 Å². The lowest BCUT2D eigenvalue weighted by atomic mass is 10.0. The molecule has 0 aliphatic carbocycles. The van der Waals surface area contributed by atoms with E-state index in [-0.39, 0.29) is 24.5 Å². The van der Waals surface area contributed by atoms with Crippen molar-refractivity contribution in [3.05, 3.63) is 35.9 Å². The molecule has 1 aliphatic rings. The Morgan fingerprint density at radius 2 is 1.91 bits per heavy atom. The molecule has 1 fully saturated rings. The Kier molecular flexibility index (Phi) is 6.12. The molecule has 0 spiro atoms. The first-order valence-electron chi connectivity index (χ1n) is 7.90. The van der Waals surface area contributed by atoms with E-state index in [1.165, 1.54) is 7.11 Å². The van der Waals surface area contributed by atoms with Gasteiger partial charge in [-0.05, 0) is 25.0 Å². The smallest absolute Gasteiger partial charge is 0.253 e. The third kappa shape index (κ3) is 4.30. The molecule has 2 rings (SSSR count). The van der Waals surface area contributed by atoms with Gasteiger partial charge >= 0.3 is 0 Å². The molecule has 1 aliphatic heterocycles. The highest BCUT2D eigenvalue weighted by molar-refractivity contribution is 5.94. The summed E-state index contributed by atoms with van der Waals surface area (Å²) in [4.78, 5) is 28.2. The lowest BCUT2D eigenvalue weighted by Gasteiger charge is -2.37. The van der Waals surface area contributed by atoms with Crippen LogP contribution in [0.15, 0.2) is 30.3 Å². The van der Waals surface area contributed by atoms with Crippen LogP contribution in [0.1, 0.15) is 23.2 Å². The first kappa shape index (κ1) is 17.4. The monoisotopic (exact) mass is 319 g/mol. The third-order valence-electron chi connectivity index (χ3n) is 4.33. The molecule has 1 aromatic carbocycles. The largest absolute Gasteiger partial charge is 0.383 e. The lowest BCUT2D eigenvalue weighted by Crippen LogP contribution is -2.52. The first-order chi connectivity index (χ1) is 11.0. The van der Waals surface area contributed by atoms with Gasteiger partial charge in [0.25, 0.3) is 5.91 Å². The number of methoxy groups -OCH3 is 1. The molecule has 1 heterocycles. The van der Waals surface area contributed by atoms with Crippen LogP contribution in [0.25, 0.3) is 0 Å². The summed E-state index contributed by atoms with van der Waals surface area (Å²) in [7, 11) is 3.30. The lowest BCUT2D eigenvalue weighted by molar-refractivity contribution is -0.135. The number of likely N-dealkylation sites (tertiary alicyclic amines) is 1. The number of carbonyl (C=O) groups excluding carboxylic acids is 2. The van der Waals surface area contributed by atoms with Crippen molar-refractivity contribution in [2.75, 3.05) is 33.9 Å². The maximum atomic E-state index is 12.4. The van der Waals surface area contributed by atoms with Crippen LogP contribution in [0.5, 0.6) is 0 Å². The number of hydrogen-bond donors (Lipinski definition) is 1. The van der Waals surface area contributed by atoms with Crippen LogP contribution in [0.4, 0.5) is 0 Å². The molecule has 6 heteroatoms. The molecule has 126 valence electrons. The van der Waals surface area contributed by atoms with Gasteiger partial charge in [-0.25, -0.2) is 0 Å². The highest BCUT2D eigenvalue weighted by atomic mass is 16.5. The van der Waals surface area contributed by atoms with Crippen molar-refractivity contribution < 1.29 is 14.3 Å². The van der Waals surface area contributed by atoms with Gasteiger partial charge in [-0.15, -0.1) is 0 Å². The van der Waals surface area contributed by atoms with E-state index in [9.17, 15) is 9.59 Å². The van der Waals surface area contributed by atoms with E-state index >= 15 is 0 Å². The number of piperidine rings is 1. The predicted molar refractivity (Wildman–Crippen MR) is 88.0 cm³/mol. The topological polar surface area (TPSA) is 75.9 Å². The maximum absolute atomic E-state index is 12.4. The summed E-state index contributed by atoms with van der Waals surface area (Å²) in [5.74, 6) is -0.0613. The summed E-state index contributed by atoms with van der Waals surface area (Å²) in [5.41, 5.74) is 6.51. The number of rotatable bonds is 5. The second kappa shape index (κ2) is 8.08. The van der Waals surface area contributed by atoms with E-state index in [1.807, 2.05) is 35.2 Å². The summed E-state index contributed by atoms with van der Waals surface area (Å²) >= 11 is 0. The molecule has 0 aromatic heterocycles. The Bertz CT molecular complexity index is 527. The molecule has 6 nitrogen and oxygen atoms in total. The molecule has 0 radical (unpaired) electrons. The molecule has 2 N–H and O–H groups in total. The van der Waals surface area contributed by atoms with Crippen molar-refractivity contribution in [1.29, 1.82) is 0 Å². The summed E-state index contributed by atoms with van der Waals surface area (Å²) < 4.78 is 4.93. The van der Waals surface area contributed by atoms with Crippen molar-refractivity contribution in [2.45, 2.75) is 24.9 Å². The fourth-order valence-corrected chi connectivity index (χ4v) is 2.91. The van der Waals surface area contributed by atoms with Gasteiger partial charge in [0.15, 0.2) is 0 Å². The Hall–Kier alpha value is -1.92. The molecule has 1 aromatic rings. The molecule has 1 atom stereocenters. The third-order valence-corrected chi connectivity index (χ3v) is 4.33. The quantitative estimate of drug-likeness (QED) is 0.868. The number of nitrogens with two attached hydrogens (primary N) is 1. The summed E-state index contributed by atoms with van der Waals surface area (Å²) in [6.45, 7) is 1.51. The molecule has 0 saturated carbocycles. The molecule has 1 unspecified atom stereocenters. The van der Waals surface area contributed by atoms with E-state index in [1.54, 1.807) is 11.9 Å². The van der Waals surface area contributed by atoms with Crippen LogP contribution in [0.3, 0.4) is 0 Å². The summed E-state index contributed by atoms with van der Waals surface area (Å²) in [5, 5.41) is 0. The van der Waals surface area contributed by atoms with Gasteiger partial charge in [-0.3, -0.25) is 9.59 Å². The van der Waals surface area contributed by atoms with E-state index in [0.29, 0.717) is 18.7 Å². The second-order valence-electron chi connectivity index (χ2n) is 5.90. The van der Waals surface area contributed by atoms with Crippen LogP contribution in [-0.4, -0.2) is 67.6 Å². The van der Waals surface area contributed by atoms with Gasteiger partial charge in [0, 0.05) is 38.9 Å². The molecule has 2 amide bonds. The van der Waals surface area contributed by atoms with Crippen molar-refractivity contribution in [2.24, 2.45) is 5.73 Å². The first-order valence-corrected chi connectivity index (χ1v) is 7.90. The van der Waals surface area contributed by atoms with Crippen LogP contribution < -0.4 is 5.73 Å². The molecular formula is C17H25N3O3. The Morgan fingerprint density at radius 3 is 2.48 bits per heavy atom. The van der Waals surface area contributed by atoms with E-state index in [0.717, 1.165) is 12.8 Å². The zero-order chi connectivity index (χ0) is 16.8. The van der Waals surface area contributed by atoms with Crippen molar-refractivity contribution >= 4 is 11.8 Å². The average molecular weight is 319 g/mol. The van der Waals surface area contributed by atoms with Crippen LogP contribution in [0.2, 0.25) is 0 Å². The normalized spacial score (nSPS) is 16.9. The highest BCUT2D eigenvalue weighted by Crippen LogP contribution is 2.18.